The van der Waals surface area contributed by atoms with Gasteiger partial charge in [-0.1, -0.05) is 22.9 Å². The van der Waals surface area contributed by atoms with Crippen LogP contribution in [0.4, 0.5) is 0 Å². The molecule has 1 aliphatic carbocycles. The Morgan fingerprint density at radius 2 is 2.19 bits per heavy atom. The van der Waals surface area contributed by atoms with Crippen LogP contribution in [0.5, 0.6) is 10.9 Å². The highest BCUT2D eigenvalue weighted by atomic mass is 35.5. The normalized spacial score (nSPS) is 20.1. The van der Waals surface area contributed by atoms with Crippen LogP contribution in [0.25, 0.3) is 10.2 Å². The molecule has 1 aromatic heterocycles. The number of rotatable bonds is 9. The van der Waals surface area contributed by atoms with E-state index in [4.69, 9.17) is 25.8 Å². The fraction of sp³-hybridized carbons (Fsp3) is 0.579. The number of ether oxygens (including phenoxy) is 3. The summed E-state index contributed by atoms with van der Waals surface area (Å²) in [5, 5.41) is 4.03. The van der Waals surface area contributed by atoms with Crippen molar-refractivity contribution in [3.8, 4) is 10.9 Å². The summed E-state index contributed by atoms with van der Waals surface area (Å²) in [5.74, 6) is 1.10. The standard InChI is InChI=1S/C19H25ClN2O4S/c1-4-24-19-22-15-5-6-16(17(20)18(15)27-19)26-10-13-7-14(8-13)25-9-11(2)21-12(3)23/h5-6,11,13-14H,4,7-10H2,1-3H3,(H,21,23)/t11-,13-,14+/m0/s1. The SMILES string of the molecule is CCOc1nc2ccc(OC[C@H]3C[C@@H](OC[C@H](C)NC(C)=O)C3)c(Cl)c2s1. The van der Waals surface area contributed by atoms with Gasteiger partial charge in [0.05, 0.1) is 36.1 Å². The number of thiazole rings is 1. The smallest absolute Gasteiger partial charge is 0.274 e. The molecule has 1 N–H and O–H groups in total. The molecule has 0 unspecified atom stereocenters. The molecular formula is C19H25ClN2O4S. The Hall–Kier alpha value is -1.57. The van der Waals surface area contributed by atoms with Crippen molar-refractivity contribution in [1.29, 1.82) is 0 Å². The maximum Gasteiger partial charge on any atom is 0.274 e. The van der Waals surface area contributed by atoms with Crippen LogP contribution in [-0.4, -0.2) is 42.9 Å². The van der Waals surface area contributed by atoms with Gasteiger partial charge >= 0.3 is 0 Å². The van der Waals surface area contributed by atoms with Gasteiger partial charge in [0.25, 0.3) is 5.19 Å². The highest BCUT2D eigenvalue weighted by Gasteiger charge is 2.31. The number of halogens is 1. The molecule has 0 aliphatic heterocycles. The highest BCUT2D eigenvalue weighted by molar-refractivity contribution is 7.20. The minimum absolute atomic E-state index is 0.0318. The lowest BCUT2D eigenvalue weighted by atomic mass is 9.83. The number of carbonyl (C=O) groups excluding carboxylic acids is 1. The summed E-state index contributed by atoms with van der Waals surface area (Å²) in [6.45, 7) is 7.11. The Balaban J connectivity index is 1.45. The molecule has 8 heteroatoms. The van der Waals surface area contributed by atoms with Crippen molar-refractivity contribution in [3.63, 3.8) is 0 Å². The molecule has 1 aromatic carbocycles. The van der Waals surface area contributed by atoms with Gasteiger partial charge in [0, 0.05) is 13.0 Å². The van der Waals surface area contributed by atoms with Gasteiger partial charge in [-0.3, -0.25) is 4.79 Å². The predicted molar refractivity (Wildman–Crippen MR) is 107 cm³/mol. The molecule has 0 spiro atoms. The molecule has 1 saturated carbocycles. The van der Waals surface area contributed by atoms with Crippen LogP contribution in [0.2, 0.25) is 5.02 Å². The van der Waals surface area contributed by atoms with Crippen LogP contribution in [0.3, 0.4) is 0 Å². The van der Waals surface area contributed by atoms with E-state index < -0.39 is 0 Å². The lowest BCUT2D eigenvalue weighted by Crippen LogP contribution is -2.40. The summed E-state index contributed by atoms with van der Waals surface area (Å²) in [5.41, 5.74) is 0.825. The Morgan fingerprint density at radius 1 is 1.41 bits per heavy atom. The summed E-state index contributed by atoms with van der Waals surface area (Å²) in [6, 6.07) is 3.80. The molecular weight excluding hydrogens is 388 g/mol. The van der Waals surface area contributed by atoms with Crippen LogP contribution in [0, 0.1) is 5.92 Å². The molecule has 1 atom stereocenters. The van der Waals surface area contributed by atoms with Crippen molar-refractivity contribution in [2.24, 2.45) is 5.92 Å². The molecule has 0 radical (unpaired) electrons. The first-order valence-electron chi connectivity index (χ1n) is 9.19. The fourth-order valence-electron chi connectivity index (χ4n) is 3.04. The van der Waals surface area contributed by atoms with Crippen LogP contribution in [0.15, 0.2) is 12.1 Å². The molecule has 148 valence electrons. The molecule has 0 saturated heterocycles. The van der Waals surface area contributed by atoms with Crippen molar-refractivity contribution in [3.05, 3.63) is 17.2 Å². The average Bonchev–Trinajstić information content (AvgIpc) is 2.98. The zero-order valence-corrected chi connectivity index (χ0v) is 17.4. The third-order valence-corrected chi connectivity index (χ3v) is 5.90. The van der Waals surface area contributed by atoms with E-state index in [1.165, 1.54) is 18.3 Å². The first-order chi connectivity index (χ1) is 13.0. The Morgan fingerprint density at radius 3 is 2.89 bits per heavy atom. The molecule has 1 amide bonds. The summed E-state index contributed by atoms with van der Waals surface area (Å²) in [4.78, 5) is 15.4. The number of nitrogens with one attached hydrogen (secondary N) is 1. The minimum atomic E-state index is -0.0332. The Labute approximate surface area is 168 Å². The van der Waals surface area contributed by atoms with Crippen molar-refractivity contribution in [2.45, 2.75) is 45.8 Å². The molecule has 3 rings (SSSR count). The number of hydrogen-bond donors (Lipinski definition) is 1. The monoisotopic (exact) mass is 412 g/mol. The second-order valence-electron chi connectivity index (χ2n) is 6.84. The first kappa shape index (κ1) is 20.2. The lowest BCUT2D eigenvalue weighted by Gasteiger charge is -2.35. The number of fused-ring (bicyclic) bond motifs is 1. The van der Waals surface area contributed by atoms with Gasteiger partial charge in [-0.05, 0) is 44.7 Å². The Bertz CT molecular complexity index is 791. The van der Waals surface area contributed by atoms with Crippen molar-refractivity contribution >= 4 is 39.1 Å². The van der Waals surface area contributed by atoms with E-state index in [-0.39, 0.29) is 18.1 Å². The maximum atomic E-state index is 11.0. The number of amides is 1. The van der Waals surface area contributed by atoms with Gasteiger partial charge in [0.15, 0.2) is 0 Å². The molecule has 27 heavy (non-hydrogen) atoms. The molecule has 2 aromatic rings. The molecule has 1 aliphatic rings. The van der Waals surface area contributed by atoms with Crippen LogP contribution in [-0.2, 0) is 9.53 Å². The maximum absolute atomic E-state index is 11.0. The van der Waals surface area contributed by atoms with Gasteiger partial charge in [-0.25, -0.2) is 4.98 Å². The van der Waals surface area contributed by atoms with E-state index in [0.29, 0.717) is 41.7 Å². The zero-order chi connectivity index (χ0) is 19.4. The summed E-state index contributed by atoms with van der Waals surface area (Å²) >= 11 is 7.92. The summed E-state index contributed by atoms with van der Waals surface area (Å²) < 4.78 is 18.1. The van der Waals surface area contributed by atoms with Crippen molar-refractivity contribution < 1.29 is 19.0 Å². The third kappa shape index (κ3) is 5.24. The largest absolute Gasteiger partial charge is 0.492 e. The molecule has 1 heterocycles. The van der Waals surface area contributed by atoms with E-state index in [9.17, 15) is 4.79 Å². The minimum Gasteiger partial charge on any atom is -0.492 e. The predicted octanol–water partition coefficient (Wildman–Crippen LogP) is 4.05. The number of nitrogens with zero attached hydrogens (tertiary/aromatic N) is 1. The van der Waals surface area contributed by atoms with Gasteiger partial charge in [-0.2, -0.15) is 0 Å². The van der Waals surface area contributed by atoms with E-state index >= 15 is 0 Å². The topological polar surface area (TPSA) is 69.7 Å². The van der Waals surface area contributed by atoms with Gasteiger partial charge in [0.2, 0.25) is 5.91 Å². The molecule has 0 bridgehead atoms. The third-order valence-electron chi connectivity index (χ3n) is 4.41. The second kappa shape index (κ2) is 9.08. The summed E-state index contributed by atoms with van der Waals surface area (Å²) in [7, 11) is 0. The quantitative estimate of drug-likeness (QED) is 0.672. The van der Waals surface area contributed by atoms with E-state index in [0.717, 1.165) is 23.1 Å². The van der Waals surface area contributed by atoms with Gasteiger partial charge in [0.1, 0.15) is 10.8 Å². The number of carbonyl (C=O) groups is 1. The first-order valence-corrected chi connectivity index (χ1v) is 10.4. The highest BCUT2D eigenvalue weighted by Crippen LogP contribution is 2.39. The number of benzene rings is 1. The van der Waals surface area contributed by atoms with Gasteiger partial charge < -0.3 is 19.5 Å². The number of aromatic nitrogens is 1. The Kier molecular flexibility index (Phi) is 6.78. The molecule has 1 fully saturated rings. The van der Waals surface area contributed by atoms with E-state index in [1.54, 1.807) is 0 Å². The average molecular weight is 413 g/mol. The second-order valence-corrected chi connectivity index (χ2v) is 8.18. The van der Waals surface area contributed by atoms with Crippen LogP contribution < -0.4 is 14.8 Å². The van der Waals surface area contributed by atoms with Gasteiger partial charge in [-0.15, -0.1) is 0 Å². The summed E-state index contributed by atoms with van der Waals surface area (Å²) in [6.07, 6.45) is 2.16. The van der Waals surface area contributed by atoms with Crippen molar-refractivity contribution in [1.82, 2.24) is 10.3 Å². The zero-order valence-electron chi connectivity index (χ0n) is 15.8. The van der Waals surface area contributed by atoms with Crippen LogP contribution >= 0.6 is 22.9 Å². The fourth-order valence-corrected chi connectivity index (χ4v) is 4.28. The lowest BCUT2D eigenvalue weighted by molar-refractivity contribution is -0.120. The number of hydrogen-bond acceptors (Lipinski definition) is 6. The van der Waals surface area contributed by atoms with Crippen molar-refractivity contribution in [2.75, 3.05) is 19.8 Å². The van der Waals surface area contributed by atoms with E-state index in [2.05, 4.69) is 10.3 Å². The van der Waals surface area contributed by atoms with E-state index in [1.807, 2.05) is 26.0 Å². The van der Waals surface area contributed by atoms with Crippen LogP contribution in [0.1, 0.15) is 33.6 Å². The molecule has 6 nitrogen and oxygen atoms in total.